The Kier molecular flexibility index (Phi) is 4.79. The first-order valence-corrected chi connectivity index (χ1v) is 7.88. The summed E-state index contributed by atoms with van der Waals surface area (Å²) in [7, 11) is 1.67. The molecule has 0 radical (unpaired) electrons. The molecule has 2 aromatic carbocycles. The van der Waals surface area contributed by atoms with Crippen LogP contribution in [-0.2, 0) is 9.53 Å². The highest BCUT2D eigenvalue weighted by molar-refractivity contribution is 5.84. The number of amides is 1. The average Bonchev–Trinajstić information content (AvgIpc) is 2.61. The SMILES string of the molecule is COc1ccc2cc([C@@H]3CN(C(=O)CCN)CCO3)ccc2c1. The molecule has 1 saturated heterocycles. The number of benzene rings is 2. The first-order valence-electron chi connectivity index (χ1n) is 7.88. The second-order valence-corrected chi connectivity index (χ2v) is 5.71. The Balaban J connectivity index is 1.80. The summed E-state index contributed by atoms with van der Waals surface area (Å²) >= 11 is 0. The molecule has 122 valence electrons. The molecular formula is C18H22N2O3. The van der Waals surface area contributed by atoms with Crippen LogP contribution in [0.4, 0.5) is 0 Å². The van der Waals surface area contributed by atoms with Gasteiger partial charge in [0.15, 0.2) is 0 Å². The number of hydrogen-bond donors (Lipinski definition) is 1. The van der Waals surface area contributed by atoms with Gasteiger partial charge in [0.2, 0.25) is 5.91 Å². The normalized spacial score (nSPS) is 18.2. The minimum absolute atomic E-state index is 0.0861. The fourth-order valence-electron chi connectivity index (χ4n) is 2.93. The second kappa shape index (κ2) is 6.98. The molecule has 2 aromatic rings. The summed E-state index contributed by atoms with van der Waals surface area (Å²) in [5.41, 5.74) is 6.57. The molecule has 0 saturated carbocycles. The van der Waals surface area contributed by atoms with E-state index >= 15 is 0 Å². The summed E-state index contributed by atoms with van der Waals surface area (Å²) in [4.78, 5) is 13.9. The van der Waals surface area contributed by atoms with Crippen LogP contribution in [0.25, 0.3) is 10.8 Å². The van der Waals surface area contributed by atoms with Gasteiger partial charge in [-0.3, -0.25) is 4.79 Å². The van der Waals surface area contributed by atoms with E-state index in [1.54, 1.807) is 7.11 Å². The van der Waals surface area contributed by atoms with Gasteiger partial charge in [0.25, 0.3) is 0 Å². The van der Waals surface area contributed by atoms with Gasteiger partial charge in [0.1, 0.15) is 11.9 Å². The van der Waals surface area contributed by atoms with Gasteiger partial charge in [-0.05, 0) is 34.5 Å². The van der Waals surface area contributed by atoms with Gasteiger partial charge in [0, 0.05) is 19.5 Å². The monoisotopic (exact) mass is 314 g/mol. The van der Waals surface area contributed by atoms with Crippen molar-refractivity contribution in [2.24, 2.45) is 5.73 Å². The van der Waals surface area contributed by atoms with Crippen molar-refractivity contribution in [1.82, 2.24) is 4.90 Å². The summed E-state index contributed by atoms with van der Waals surface area (Å²) in [6.45, 7) is 2.17. The largest absolute Gasteiger partial charge is 0.497 e. The first kappa shape index (κ1) is 15.8. The molecule has 0 aromatic heterocycles. The van der Waals surface area contributed by atoms with Crippen molar-refractivity contribution in [1.29, 1.82) is 0 Å². The van der Waals surface area contributed by atoms with E-state index in [9.17, 15) is 4.79 Å². The van der Waals surface area contributed by atoms with E-state index in [1.807, 2.05) is 23.1 Å². The maximum absolute atomic E-state index is 12.0. The number of rotatable bonds is 4. The van der Waals surface area contributed by atoms with Crippen molar-refractivity contribution in [3.05, 3.63) is 42.0 Å². The van der Waals surface area contributed by atoms with E-state index in [1.165, 1.54) is 0 Å². The third kappa shape index (κ3) is 3.46. The van der Waals surface area contributed by atoms with Gasteiger partial charge in [-0.1, -0.05) is 18.2 Å². The van der Waals surface area contributed by atoms with Gasteiger partial charge in [-0.15, -0.1) is 0 Å². The quantitative estimate of drug-likeness (QED) is 0.938. The van der Waals surface area contributed by atoms with Crippen LogP contribution in [0.2, 0.25) is 0 Å². The van der Waals surface area contributed by atoms with E-state index in [0.717, 1.165) is 22.1 Å². The van der Waals surface area contributed by atoms with Crippen LogP contribution >= 0.6 is 0 Å². The van der Waals surface area contributed by atoms with Gasteiger partial charge in [-0.2, -0.15) is 0 Å². The molecule has 5 nitrogen and oxygen atoms in total. The van der Waals surface area contributed by atoms with Crippen molar-refractivity contribution in [3.8, 4) is 5.75 Å². The Hall–Kier alpha value is -2.11. The first-order chi connectivity index (χ1) is 11.2. The number of hydrogen-bond acceptors (Lipinski definition) is 4. The molecule has 0 aliphatic carbocycles. The van der Waals surface area contributed by atoms with E-state index in [-0.39, 0.29) is 12.0 Å². The van der Waals surface area contributed by atoms with Crippen molar-refractivity contribution in [2.45, 2.75) is 12.5 Å². The minimum atomic E-state index is -0.0861. The molecule has 1 aliphatic rings. The fraction of sp³-hybridized carbons (Fsp3) is 0.389. The van der Waals surface area contributed by atoms with Crippen molar-refractivity contribution in [3.63, 3.8) is 0 Å². The van der Waals surface area contributed by atoms with Crippen LogP contribution in [0.15, 0.2) is 36.4 Å². The summed E-state index contributed by atoms with van der Waals surface area (Å²) in [6.07, 6.45) is 0.307. The molecule has 2 N–H and O–H groups in total. The molecule has 5 heteroatoms. The predicted molar refractivity (Wildman–Crippen MR) is 89.4 cm³/mol. The third-order valence-electron chi connectivity index (χ3n) is 4.22. The molecule has 23 heavy (non-hydrogen) atoms. The number of methoxy groups -OCH3 is 1. The number of fused-ring (bicyclic) bond motifs is 1. The Morgan fingerprint density at radius 1 is 1.30 bits per heavy atom. The third-order valence-corrected chi connectivity index (χ3v) is 4.22. The number of morpholine rings is 1. The lowest BCUT2D eigenvalue weighted by Crippen LogP contribution is -2.42. The average molecular weight is 314 g/mol. The Morgan fingerprint density at radius 2 is 2.09 bits per heavy atom. The van der Waals surface area contributed by atoms with Crippen LogP contribution in [0.5, 0.6) is 5.75 Å². The lowest BCUT2D eigenvalue weighted by atomic mass is 10.0. The number of ether oxygens (including phenoxy) is 2. The maximum atomic E-state index is 12.0. The Labute approximate surface area is 136 Å². The van der Waals surface area contributed by atoms with Crippen LogP contribution in [0.1, 0.15) is 18.1 Å². The van der Waals surface area contributed by atoms with Gasteiger partial charge in [-0.25, -0.2) is 0 Å². The number of nitrogens with zero attached hydrogens (tertiary/aromatic N) is 1. The van der Waals surface area contributed by atoms with Gasteiger partial charge in [0.05, 0.1) is 20.3 Å². The molecular weight excluding hydrogens is 292 g/mol. The molecule has 0 spiro atoms. The zero-order chi connectivity index (χ0) is 16.2. The van der Waals surface area contributed by atoms with Crippen LogP contribution < -0.4 is 10.5 Å². The van der Waals surface area contributed by atoms with Gasteiger partial charge >= 0.3 is 0 Å². The highest BCUT2D eigenvalue weighted by Gasteiger charge is 2.25. The second-order valence-electron chi connectivity index (χ2n) is 5.71. The lowest BCUT2D eigenvalue weighted by Gasteiger charge is -2.33. The fourth-order valence-corrected chi connectivity index (χ4v) is 2.93. The number of nitrogens with two attached hydrogens (primary N) is 1. The zero-order valence-corrected chi connectivity index (χ0v) is 13.3. The minimum Gasteiger partial charge on any atom is -0.497 e. The number of carbonyl (C=O) groups excluding carboxylic acids is 1. The van der Waals surface area contributed by atoms with E-state index in [4.69, 9.17) is 15.2 Å². The molecule has 0 bridgehead atoms. The predicted octanol–water partition coefficient (Wildman–Crippen LogP) is 2.10. The molecule has 1 amide bonds. The van der Waals surface area contributed by atoms with Gasteiger partial charge < -0.3 is 20.1 Å². The van der Waals surface area contributed by atoms with Crippen LogP contribution in [0, 0.1) is 0 Å². The van der Waals surface area contributed by atoms with E-state index < -0.39 is 0 Å². The molecule has 1 atom stereocenters. The maximum Gasteiger partial charge on any atom is 0.224 e. The molecule has 3 rings (SSSR count). The molecule has 0 unspecified atom stereocenters. The van der Waals surface area contributed by atoms with Crippen molar-refractivity contribution < 1.29 is 14.3 Å². The Bertz CT molecular complexity index is 702. The topological polar surface area (TPSA) is 64.8 Å². The van der Waals surface area contributed by atoms with Crippen LogP contribution in [0.3, 0.4) is 0 Å². The zero-order valence-electron chi connectivity index (χ0n) is 13.3. The summed E-state index contributed by atoms with van der Waals surface area (Å²) in [5.74, 6) is 0.948. The standard InChI is InChI=1S/C18H22N2O3/c1-22-16-5-4-13-10-15(3-2-14(13)11-16)17-12-20(8-9-23-17)18(21)6-7-19/h2-5,10-11,17H,6-9,12,19H2,1H3/t17-/m0/s1. The molecule has 1 aliphatic heterocycles. The molecule has 1 fully saturated rings. The van der Waals surface area contributed by atoms with Crippen LogP contribution in [-0.4, -0.2) is 44.2 Å². The van der Waals surface area contributed by atoms with Crippen molar-refractivity contribution >= 4 is 16.7 Å². The smallest absolute Gasteiger partial charge is 0.224 e. The van der Waals surface area contributed by atoms with E-state index in [2.05, 4.69) is 18.2 Å². The highest BCUT2D eigenvalue weighted by Crippen LogP contribution is 2.28. The Morgan fingerprint density at radius 3 is 2.87 bits per heavy atom. The highest BCUT2D eigenvalue weighted by atomic mass is 16.5. The summed E-state index contributed by atoms with van der Waals surface area (Å²) in [6, 6.07) is 12.2. The molecule has 1 heterocycles. The summed E-state index contributed by atoms with van der Waals surface area (Å²) < 4.78 is 11.1. The summed E-state index contributed by atoms with van der Waals surface area (Å²) in [5, 5.41) is 2.26. The van der Waals surface area contributed by atoms with E-state index in [0.29, 0.717) is 32.7 Å². The number of carbonyl (C=O) groups is 1. The van der Waals surface area contributed by atoms with Crippen molar-refractivity contribution in [2.75, 3.05) is 33.4 Å². The lowest BCUT2D eigenvalue weighted by molar-refractivity contribution is -0.138.